The predicted molar refractivity (Wildman–Crippen MR) is 85.2 cm³/mol. The molecule has 4 nitrogen and oxygen atoms in total. The highest BCUT2D eigenvalue weighted by Crippen LogP contribution is 2.19. The Labute approximate surface area is 126 Å². The molecule has 3 rings (SSSR count). The summed E-state index contributed by atoms with van der Waals surface area (Å²) in [6, 6.07) is 8.26. The van der Waals surface area contributed by atoms with Gasteiger partial charge in [0.1, 0.15) is 5.82 Å². The largest absolute Gasteiger partial charge is 0.377 e. The van der Waals surface area contributed by atoms with Gasteiger partial charge >= 0.3 is 0 Å². The molecule has 0 aliphatic heterocycles. The number of hydrogen-bond donors (Lipinski definition) is 1. The molecular weight excluding hydrogens is 262 g/mol. The molecule has 0 unspecified atom stereocenters. The van der Waals surface area contributed by atoms with Crippen molar-refractivity contribution in [1.82, 2.24) is 14.9 Å². The van der Waals surface area contributed by atoms with E-state index in [0.29, 0.717) is 6.10 Å². The van der Waals surface area contributed by atoms with Gasteiger partial charge in [-0.3, -0.25) is 0 Å². The first-order valence-electron chi connectivity index (χ1n) is 8.07. The van der Waals surface area contributed by atoms with Crippen LogP contribution >= 0.6 is 0 Å². The van der Waals surface area contributed by atoms with Crippen LogP contribution in [0.15, 0.2) is 24.3 Å². The SMILES string of the molecule is Cn1c(CNCCOC2CCCCC2)nc2ccccc21. The molecule has 0 radical (unpaired) electrons. The number of para-hydroxylation sites is 2. The number of aromatic nitrogens is 2. The van der Waals surface area contributed by atoms with Crippen molar-refractivity contribution in [3.05, 3.63) is 30.1 Å². The zero-order chi connectivity index (χ0) is 14.5. The Morgan fingerprint density at radius 2 is 2.05 bits per heavy atom. The molecule has 1 aliphatic rings. The second kappa shape index (κ2) is 7.05. The molecule has 0 bridgehead atoms. The minimum absolute atomic E-state index is 0.497. The number of nitrogens with zero attached hydrogens (tertiary/aromatic N) is 2. The maximum Gasteiger partial charge on any atom is 0.123 e. The van der Waals surface area contributed by atoms with Gasteiger partial charge < -0.3 is 14.6 Å². The van der Waals surface area contributed by atoms with E-state index in [-0.39, 0.29) is 0 Å². The molecule has 21 heavy (non-hydrogen) atoms. The van der Waals surface area contributed by atoms with Crippen molar-refractivity contribution in [3.8, 4) is 0 Å². The van der Waals surface area contributed by atoms with Crippen LogP contribution in [0.25, 0.3) is 11.0 Å². The quantitative estimate of drug-likeness (QED) is 0.830. The van der Waals surface area contributed by atoms with Crippen LogP contribution in [0.3, 0.4) is 0 Å². The second-order valence-corrected chi connectivity index (χ2v) is 5.88. The summed E-state index contributed by atoms with van der Waals surface area (Å²) in [7, 11) is 2.07. The first-order chi connectivity index (χ1) is 10.3. The lowest BCUT2D eigenvalue weighted by molar-refractivity contribution is 0.0301. The summed E-state index contributed by atoms with van der Waals surface area (Å²) in [5.41, 5.74) is 2.25. The molecule has 2 aromatic rings. The Kier molecular flexibility index (Phi) is 4.88. The summed E-state index contributed by atoms with van der Waals surface area (Å²) < 4.78 is 8.08. The van der Waals surface area contributed by atoms with Crippen molar-refractivity contribution in [2.75, 3.05) is 13.2 Å². The number of nitrogens with one attached hydrogen (secondary N) is 1. The van der Waals surface area contributed by atoms with Crippen molar-refractivity contribution in [2.24, 2.45) is 7.05 Å². The number of aryl methyl sites for hydroxylation is 1. The van der Waals surface area contributed by atoms with E-state index < -0.39 is 0 Å². The predicted octanol–water partition coefficient (Wildman–Crippen LogP) is 3.01. The maximum absolute atomic E-state index is 5.92. The van der Waals surface area contributed by atoms with E-state index in [1.807, 2.05) is 6.07 Å². The van der Waals surface area contributed by atoms with Gasteiger partial charge in [-0.1, -0.05) is 31.4 Å². The van der Waals surface area contributed by atoms with Gasteiger partial charge in [0.05, 0.1) is 30.3 Å². The van der Waals surface area contributed by atoms with Crippen LogP contribution in [0.4, 0.5) is 0 Å². The second-order valence-electron chi connectivity index (χ2n) is 5.88. The van der Waals surface area contributed by atoms with Crippen LogP contribution in [0.5, 0.6) is 0 Å². The number of imidazole rings is 1. The maximum atomic E-state index is 5.92. The molecule has 1 fully saturated rings. The van der Waals surface area contributed by atoms with Gasteiger partial charge in [-0.15, -0.1) is 0 Å². The van der Waals surface area contributed by atoms with Gasteiger partial charge in [0.2, 0.25) is 0 Å². The number of rotatable bonds is 6. The third-order valence-corrected chi connectivity index (χ3v) is 4.35. The summed E-state index contributed by atoms with van der Waals surface area (Å²) >= 11 is 0. The molecular formula is C17H25N3O. The molecule has 0 atom stereocenters. The first-order valence-corrected chi connectivity index (χ1v) is 8.07. The topological polar surface area (TPSA) is 39.1 Å². The molecule has 1 heterocycles. The highest BCUT2D eigenvalue weighted by Gasteiger charge is 2.13. The summed E-state index contributed by atoms with van der Waals surface area (Å²) in [4.78, 5) is 4.66. The molecule has 0 spiro atoms. The molecule has 0 amide bonds. The van der Waals surface area contributed by atoms with Gasteiger partial charge in [-0.2, -0.15) is 0 Å². The fourth-order valence-corrected chi connectivity index (χ4v) is 3.08. The fourth-order valence-electron chi connectivity index (χ4n) is 3.08. The van der Waals surface area contributed by atoms with E-state index in [0.717, 1.165) is 31.0 Å². The minimum Gasteiger partial charge on any atom is -0.377 e. The standard InChI is InChI=1S/C17H25N3O/c1-20-16-10-6-5-9-15(16)19-17(20)13-18-11-12-21-14-7-3-2-4-8-14/h5-6,9-10,14,18H,2-4,7-8,11-13H2,1H3. The number of benzene rings is 1. The fraction of sp³-hybridized carbons (Fsp3) is 0.588. The van der Waals surface area contributed by atoms with Crippen LogP contribution in [-0.2, 0) is 18.3 Å². The number of fused-ring (bicyclic) bond motifs is 1. The van der Waals surface area contributed by atoms with Gasteiger partial charge in [-0.25, -0.2) is 4.98 Å². The molecule has 1 aliphatic carbocycles. The van der Waals surface area contributed by atoms with Crippen molar-refractivity contribution in [1.29, 1.82) is 0 Å². The van der Waals surface area contributed by atoms with Crippen LogP contribution in [0.2, 0.25) is 0 Å². The summed E-state index contributed by atoms with van der Waals surface area (Å²) in [6.07, 6.45) is 7.02. The Bertz CT molecular complexity index is 572. The first kappa shape index (κ1) is 14.5. The van der Waals surface area contributed by atoms with E-state index in [4.69, 9.17) is 4.74 Å². The van der Waals surface area contributed by atoms with E-state index in [1.54, 1.807) is 0 Å². The molecule has 114 valence electrons. The average molecular weight is 287 g/mol. The lowest BCUT2D eigenvalue weighted by atomic mass is 9.98. The Balaban J connectivity index is 1.43. The van der Waals surface area contributed by atoms with E-state index in [1.165, 1.54) is 37.6 Å². The van der Waals surface area contributed by atoms with E-state index in [2.05, 4.69) is 40.1 Å². The van der Waals surface area contributed by atoms with Crippen LogP contribution < -0.4 is 5.32 Å². The highest BCUT2D eigenvalue weighted by molar-refractivity contribution is 5.75. The van der Waals surface area contributed by atoms with Crippen molar-refractivity contribution >= 4 is 11.0 Å². The molecule has 1 saturated carbocycles. The van der Waals surface area contributed by atoms with Crippen molar-refractivity contribution in [3.63, 3.8) is 0 Å². The molecule has 1 aromatic heterocycles. The third-order valence-electron chi connectivity index (χ3n) is 4.35. The summed E-state index contributed by atoms with van der Waals surface area (Å²) in [5.74, 6) is 1.08. The average Bonchev–Trinajstić information content (AvgIpc) is 2.85. The minimum atomic E-state index is 0.497. The highest BCUT2D eigenvalue weighted by atomic mass is 16.5. The van der Waals surface area contributed by atoms with Crippen molar-refractivity contribution in [2.45, 2.75) is 44.8 Å². The zero-order valence-corrected chi connectivity index (χ0v) is 12.8. The smallest absolute Gasteiger partial charge is 0.123 e. The lowest BCUT2D eigenvalue weighted by Crippen LogP contribution is -2.25. The van der Waals surface area contributed by atoms with E-state index >= 15 is 0 Å². The van der Waals surface area contributed by atoms with Crippen LogP contribution in [0.1, 0.15) is 37.9 Å². The Morgan fingerprint density at radius 3 is 2.86 bits per heavy atom. The van der Waals surface area contributed by atoms with Crippen LogP contribution in [0, 0.1) is 0 Å². The van der Waals surface area contributed by atoms with Gasteiger partial charge in [0.25, 0.3) is 0 Å². The molecule has 4 heteroatoms. The monoisotopic (exact) mass is 287 g/mol. The lowest BCUT2D eigenvalue weighted by Gasteiger charge is -2.22. The Morgan fingerprint density at radius 1 is 1.24 bits per heavy atom. The molecule has 1 N–H and O–H groups in total. The van der Waals surface area contributed by atoms with Crippen molar-refractivity contribution < 1.29 is 4.74 Å². The number of hydrogen-bond acceptors (Lipinski definition) is 3. The summed E-state index contributed by atoms with van der Waals surface area (Å²) in [6.45, 7) is 2.48. The molecule has 0 saturated heterocycles. The number of ether oxygens (including phenoxy) is 1. The normalized spacial score (nSPS) is 16.6. The van der Waals surface area contributed by atoms with Gasteiger partial charge in [-0.05, 0) is 25.0 Å². The van der Waals surface area contributed by atoms with Crippen LogP contribution in [-0.4, -0.2) is 28.8 Å². The van der Waals surface area contributed by atoms with Gasteiger partial charge in [0.15, 0.2) is 0 Å². The summed E-state index contributed by atoms with van der Waals surface area (Å²) in [5, 5.41) is 3.43. The third kappa shape index (κ3) is 3.63. The van der Waals surface area contributed by atoms with Gasteiger partial charge in [0, 0.05) is 13.6 Å². The zero-order valence-electron chi connectivity index (χ0n) is 12.8. The molecule has 1 aromatic carbocycles. The van der Waals surface area contributed by atoms with E-state index in [9.17, 15) is 0 Å². The Hall–Kier alpha value is -1.39.